The molecule has 0 fully saturated rings. The van der Waals surface area contributed by atoms with Crippen LogP contribution in [0.5, 0.6) is 0 Å². The molecule has 0 bridgehead atoms. The van der Waals surface area contributed by atoms with E-state index >= 15 is 0 Å². The fourth-order valence-corrected chi connectivity index (χ4v) is 4.62. The summed E-state index contributed by atoms with van der Waals surface area (Å²) in [5.74, 6) is 0. The van der Waals surface area contributed by atoms with Gasteiger partial charge in [0.2, 0.25) is 10.0 Å². The number of sulfonamides is 1. The van der Waals surface area contributed by atoms with Crippen LogP contribution < -0.4 is 0 Å². The molecule has 0 N–H and O–H groups in total. The van der Waals surface area contributed by atoms with E-state index in [1.165, 1.54) is 4.31 Å². The van der Waals surface area contributed by atoms with Crippen molar-refractivity contribution in [1.29, 1.82) is 0 Å². The largest absolute Gasteiger partial charge is 0.243 e. The Morgan fingerprint density at radius 3 is 2.25 bits per heavy atom. The molecule has 104 valence electrons. The van der Waals surface area contributed by atoms with E-state index in [9.17, 15) is 8.42 Å². The van der Waals surface area contributed by atoms with Crippen molar-refractivity contribution in [3.63, 3.8) is 0 Å². The summed E-state index contributed by atoms with van der Waals surface area (Å²) in [7, 11) is -3.46. The van der Waals surface area contributed by atoms with E-state index < -0.39 is 10.0 Å². The second-order valence-electron chi connectivity index (χ2n) is 4.95. The standard InChI is InChI=1S/C15H14BrNO2S/c1-11-6-7-14(16)8-15(11)20(18,19)17-9-12-4-2-3-5-13(12)10-17/h2-8H,9-10H2,1H3. The van der Waals surface area contributed by atoms with E-state index in [4.69, 9.17) is 0 Å². The van der Waals surface area contributed by atoms with Gasteiger partial charge >= 0.3 is 0 Å². The summed E-state index contributed by atoms with van der Waals surface area (Å²) in [4.78, 5) is 0.375. The van der Waals surface area contributed by atoms with Crippen LogP contribution in [0.1, 0.15) is 16.7 Å². The molecular weight excluding hydrogens is 338 g/mol. The second kappa shape index (κ2) is 4.98. The molecule has 0 saturated heterocycles. The maximum Gasteiger partial charge on any atom is 0.243 e. The zero-order valence-corrected chi connectivity index (χ0v) is 13.4. The molecule has 0 saturated carbocycles. The summed E-state index contributed by atoms with van der Waals surface area (Å²) in [6, 6.07) is 13.2. The predicted octanol–water partition coefficient (Wildman–Crippen LogP) is 3.46. The lowest BCUT2D eigenvalue weighted by Crippen LogP contribution is -2.26. The van der Waals surface area contributed by atoms with Crippen LogP contribution in [-0.2, 0) is 23.1 Å². The van der Waals surface area contributed by atoms with Crippen LogP contribution >= 0.6 is 15.9 Å². The lowest BCUT2D eigenvalue weighted by molar-refractivity contribution is 0.431. The van der Waals surface area contributed by atoms with Crippen molar-refractivity contribution >= 4 is 26.0 Å². The number of aryl methyl sites for hydroxylation is 1. The molecule has 2 aromatic carbocycles. The van der Waals surface area contributed by atoms with Crippen molar-refractivity contribution in [2.24, 2.45) is 0 Å². The van der Waals surface area contributed by atoms with Crippen LogP contribution in [-0.4, -0.2) is 12.7 Å². The topological polar surface area (TPSA) is 37.4 Å². The van der Waals surface area contributed by atoms with Crippen LogP contribution in [0.4, 0.5) is 0 Å². The number of fused-ring (bicyclic) bond motifs is 1. The smallest absolute Gasteiger partial charge is 0.207 e. The average Bonchev–Trinajstić information content (AvgIpc) is 2.86. The van der Waals surface area contributed by atoms with E-state index in [0.717, 1.165) is 21.2 Å². The molecular formula is C15H14BrNO2S. The molecule has 1 aliphatic heterocycles. The first-order chi connectivity index (χ1) is 9.48. The number of hydrogen-bond donors (Lipinski definition) is 0. The summed E-state index contributed by atoms with van der Waals surface area (Å²) >= 11 is 3.34. The van der Waals surface area contributed by atoms with Crippen molar-refractivity contribution in [1.82, 2.24) is 4.31 Å². The van der Waals surface area contributed by atoms with Gasteiger partial charge in [-0.15, -0.1) is 0 Å². The summed E-state index contributed by atoms with van der Waals surface area (Å²) in [5.41, 5.74) is 2.94. The Hall–Kier alpha value is -1.17. The Balaban J connectivity index is 2.01. The van der Waals surface area contributed by atoms with Gasteiger partial charge in [0.25, 0.3) is 0 Å². The van der Waals surface area contributed by atoms with Crippen LogP contribution in [0.15, 0.2) is 51.8 Å². The number of halogens is 1. The quantitative estimate of drug-likeness (QED) is 0.830. The molecule has 1 aliphatic rings. The van der Waals surface area contributed by atoms with Crippen molar-refractivity contribution < 1.29 is 8.42 Å². The van der Waals surface area contributed by atoms with Gasteiger partial charge in [-0.05, 0) is 35.7 Å². The normalized spacial score (nSPS) is 15.3. The zero-order valence-electron chi connectivity index (χ0n) is 11.0. The first-order valence-electron chi connectivity index (χ1n) is 6.31. The molecule has 0 radical (unpaired) electrons. The lowest BCUT2D eigenvalue weighted by Gasteiger charge is -2.17. The monoisotopic (exact) mass is 351 g/mol. The van der Waals surface area contributed by atoms with Gasteiger partial charge in [0, 0.05) is 17.6 Å². The maximum absolute atomic E-state index is 12.8. The van der Waals surface area contributed by atoms with E-state index in [0.29, 0.717) is 18.0 Å². The van der Waals surface area contributed by atoms with Gasteiger partial charge in [0.15, 0.2) is 0 Å². The van der Waals surface area contributed by atoms with Gasteiger partial charge in [0.05, 0.1) is 4.90 Å². The summed E-state index contributed by atoms with van der Waals surface area (Å²) < 4.78 is 27.9. The third kappa shape index (κ3) is 2.30. The number of benzene rings is 2. The van der Waals surface area contributed by atoms with E-state index in [1.54, 1.807) is 6.07 Å². The molecule has 0 aromatic heterocycles. The van der Waals surface area contributed by atoms with Crippen molar-refractivity contribution in [3.05, 3.63) is 63.6 Å². The highest BCUT2D eigenvalue weighted by atomic mass is 79.9. The molecule has 0 atom stereocenters. The van der Waals surface area contributed by atoms with Gasteiger partial charge in [0.1, 0.15) is 0 Å². The van der Waals surface area contributed by atoms with Gasteiger partial charge < -0.3 is 0 Å². The Bertz CT molecular complexity index is 746. The maximum atomic E-state index is 12.8. The highest BCUT2D eigenvalue weighted by molar-refractivity contribution is 9.10. The SMILES string of the molecule is Cc1ccc(Br)cc1S(=O)(=O)N1Cc2ccccc2C1. The number of nitrogens with zero attached hydrogens (tertiary/aromatic N) is 1. The minimum atomic E-state index is -3.46. The number of hydrogen-bond acceptors (Lipinski definition) is 2. The molecule has 0 unspecified atom stereocenters. The Morgan fingerprint density at radius 2 is 1.65 bits per heavy atom. The Morgan fingerprint density at radius 1 is 1.05 bits per heavy atom. The minimum Gasteiger partial charge on any atom is -0.207 e. The molecule has 3 nitrogen and oxygen atoms in total. The fraction of sp³-hybridized carbons (Fsp3) is 0.200. The first-order valence-corrected chi connectivity index (χ1v) is 8.55. The fourth-order valence-electron chi connectivity index (χ4n) is 2.46. The molecule has 20 heavy (non-hydrogen) atoms. The third-order valence-corrected chi connectivity index (χ3v) is 6.01. The second-order valence-corrected chi connectivity index (χ2v) is 7.77. The predicted molar refractivity (Wildman–Crippen MR) is 81.8 cm³/mol. The van der Waals surface area contributed by atoms with E-state index in [1.807, 2.05) is 43.3 Å². The zero-order chi connectivity index (χ0) is 14.3. The first kappa shape index (κ1) is 13.8. The average molecular weight is 352 g/mol. The molecule has 2 aromatic rings. The Labute approximate surface area is 127 Å². The molecule has 0 spiro atoms. The van der Waals surface area contributed by atoms with Crippen LogP contribution in [0, 0.1) is 6.92 Å². The highest BCUT2D eigenvalue weighted by Crippen LogP contribution is 2.30. The molecule has 0 aliphatic carbocycles. The molecule has 0 amide bonds. The summed E-state index contributed by atoms with van der Waals surface area (Å²) in [6.45, 7) is 2.72. The molecule has 3 rings (SSSR count). The van der Waals surface area contributed by atoms with Crippen molar-refractivity contribution in [2.45, 2.75) is 24.9 Å². The van der Waals surface area contributed by atoms with Crippen molar-refractivity contribution in [2.75, 3.05) is 0 Å². The van der Waals surface area contributed by atoms with E-state index in [2.05, 4.69) is 15.9 Å². The van der Waals surface area contributed by atoms with Crippen LogP contribution in [0.2, 0.25) is 0 Å². The lowest BCUT2D eigenvalue weighted by atomic mass is 10.1. The third-order valence-electron chi connectivity index (χ3n) is 3.58. The highest BCUT2D eigenvalue weighted by Gasteiger charge is 2.31. The summed E-state index contributed by atoms with van der Waals surface area (Å²) in [5, 5.41) is 0. The van der Waals surface area contributed by atoms with Gasteiger partial charge in [-0.2, -0.15) is 4.31 Å². The van der Waals surface area contributed by atoms with Crippen LogP contribution in [0.3, 0.4) is 0 Å². The van der Waals surface area contributed by atoms with Crippen LogP contribution in [0.25, 0.3) is 0 Å². The van der Waals surface area contributed by atoms with Crippen molar-refractivity contribution in [3.8, 4) is 0 Å². The van der Waals surface area contributed by atoms with E-state index in [-0.39, 0.29) is 0 Å². The minimum absolute atomic E-state index is 0.375. The van der Waals surface area contributed by atoms with Gasteiger partial charge in [-0.25, -0.2) is 8.42 Å². The molecule has 5 heteroatoms. The molecule has 1 heterocycles. The van der Waals surface area contributed by atoms with Gasteiger partial charge in [-0.3, -0.25) is 0 Å². The Kier molecular flexibility index (Phi) is 3.44. The number of rotatable bonds is 2. The van der Waals surface area contributed by atoms with Gasteiger partial charge in [-0.1, -0.05) is 46.3 Å². The summed E-state index contributed by atoms with van der Waals surface area (Å²) in [6.07, 6.45) is 0.